The number of alkyl halides is 2. The third kappa shape index (κ3) is 3.30. The van der Waals surface area contributed by atoms with Crippen LogP contribution in [0.1, 0.15) is 12.8 Å². The van der Waals surface area contributed by atoms with Gasteiger partial charge in [-0.1, -0.05) is 0 Å². The van der Waals surface area contributed by atoms with Crippen LogP contribution < -0.4 is 34.7 Å². The Morgan fingerprint density at radius 3 is 2.75 bits per heavy atom. The van der Waals surface area contributed by atoms with E-state index in [0.717, 1.165) is 4.90 Å². The van der Waals surface area contributed by atoms with Crippen molar-refractivity contribution in [2.75, 3.05) is 12.6 Å². The molecule has 0 radical (unpaired) electrons. The molecule has 2 rings (SSSR count). The van der Waals surface area contributed by atoms with Crippen molar-refractivity contribution in [3.05, 3.63) is 0 Å². The van der Waals surface area contributed by atoms with Gasteiger partial charge in [0.15, 0.2) is 6.01 Å². The Kier molecular flexibility index (Phi) is 6.32. The van der Waals surface area contributed by atoms with Crippen molar-refractivity contribution in [1.29, 1.82) is 0 Å². The SMILES string of the molecule is O=C([O-])[C@@H](F)ON1C(=O)N2C[C@H]1CC[C@H]2[S@](=O)CF.[Na+]. The van der Waals surface area contributed by atoms with E-state index in [2.05, 4.69) is 4.84 Å². The van der Waals surface area contributed by atoms with Crippen LogP contribution in [0, 0.1) is 0 Å². The summed E-state index contributed by atoms with van der Waals surface area (Å²) in [7, 11) is -1.84. The maximum Gasteiger partial charge on any atom is 1.00 e. The van der Waals surface area contributed by atoms with E-state index in [1.54, 1.807) is 0 Å². The second-order valence-corrected chi connectivity index (χ2v) is 5.70. The molecule has 2 saturated heterocycles. The number of amides is 2. The molecule has 2 aliphatic heterocycles. The van der Waals surface area contributed by atoms with Crippen molar-refractivity contribution >= 4 is 22.8 Å². The molecule has 2 aliphatic rings. The summed E-state index contributed by atoms with van der Waals surface area (Å²) in [6.45, 7) is 0.106. The van der Waals surface area contributed by atoms with E-state index in [1.807, 2.05) is 0 Å². The number of hydroxylamine groups is 2. The summed E-state index contributed by atoms with van der Waals surface area (Å²) in [5.74, 6) is -2.09. The van der Waals surface area contributed by atoms with E-state index in [4.69, 9.17) is 0 Å². The first kappa shape index (κ1) is 17.8. The Balaban J connectivity index is 0.00000200. The van der Waals surface area contributed by atoms with Crippen molar-refractivity contribution in [3.63, 3.8) is 0 Å². The number of nitrogens with zero attached hydrogens (tertiary/aromatic N) is 2. The number of aliphatic carboxylic acids is 1. The first-order chi connectivity index (χ1) is 8.95. The average molecular weight is 320 g/mol. The summed E-state index contributed by atoms with van der Waals surface area (Å²) in [6, 6.07) is -2.42. The van der Waals surface area contributed by atoms with Crippen molar-refractivity contribution in [2.24, 2.45) is 0 Å². The molecular formula is C9H11F2N2NaO5S. The minimum absolute atomic E-state index is 0. The fraction of sp³-hybridized carbons (Fsp3) is 0.778. The Morgan fingerprint density at radius 1 is 1.55 bits per heavy atom. The molecule has 0 saturated carbocycles. The van der Waals surface area contributed by atoms with Gasteiger partial charge in [-0.2, -0.15) is 5.06 Å². The van der Waals surface area contributed by atoms with Gasteiger partial charge in [-0.15, -0.1) is 0 Å². The van der Waals surface area contributed by atoms with Gasteiger partial charge in [-0.25, -0.2) is 18.4 Å². The van der Waals surface area contributed by atoms with Gasteiger partial charge in [0.25, 0.3) is 6.36 Å². The van der Waals surface area contributed by atoms with Crippen molar-refractivity contribution < 1.29 is 62.1 Å². The number of carbonyl (C=O) groups is 2. The van der Waals surface area contributed by atoms with Crippen molar-refractivity contribution in [2.45, 2.75) is 30.6 Å². The molecule has 2 amide bonds. The number of carbonyl (C=O) groups excluding carboxylic acids is 2. The molecule has 20 heavy (non-hydrogen) atoms. The van der Waals surface area contributed by atoms with Crippen LogP contribution in [0.4, 0.5) is 13.6 Å². The van der Waals surface area contributed by atoms with Crippen molar-refractivity contribution in [3.8, 4) is 0 Å². The van der Waals surface area contributed by atoms with Crippen LogP contribution in [0.15, 0.2) is 0 Å². The molecule has 2 bridgehead atoms. The number of hydrogen-bond donors (Lipinski definition) is 0. The van der Waals surface area contributed by atoms with Crippen LogP contribution >= 0.6 is 0 Å². The Hall–Kier alpha value is -0.290. The smallest absolute Gasteiger partial charge is 0.544 e. The molecule has 0 aromatic rings. The summed E-state index contributed by atoms with van der Waals surface area (Å²) in [5, 5.41) is 10.1. The molecule has 4 atom stereocenters. The Bertz CT molecular complexity index is 429. The summed E-state index contributed by atoms with van der Waals surface area (Å²) in [5.41, 5.74) is 0. The molecule has 108 valence electrons. The molecule has 0 spiro atoms. The van der Waals surface area contributed by atoms with E-state index in [-0.39, 0.29) is 42.5 Å². The zero-order valence-electron chi connectivity index (χ0n) is 10.7. The van der Waals surface area contributed by atoms with Crippen LogP contribution in [0.5, 0.6) is 0 Å². The Morgan fingerprint density at radius 2 is 2.20 bits per heavy atom. The molecule has 7 nitrogen and oxygen atoms in total. The van der Waals surface area contributed by atoms with Crippen LogP contribution in [-0.4, -0.2) is 56.5 Å². The first-order valence-corrected chi connectivity index (χ1v) is 6.88. The quantitative estimate of drug-likeness (QED) is 0.480. The predicted molar refractivity (Wildman–Crippen MR) is 55.9 cm³/mol. The van der Waals surface area contributed by atoms with Crippen LogP contribution in [0.2, 0.25) is 0 Å². The average Bonchev–Trinajstić information content (AvgIpc) is 2.63. The third-order valence-corrected chi connectivity index (χ3v) is 4.38. The van der Waals surface area contributed by atoms with E-state index < -0.39 is 46.6 Å². The van der Waals surface area contributed by atoms with Crippen molar-refractivity contribution in [1.82, 2.24) is 9.96 Å². The minimum atomic E-state index is -2.75. The van der Waals surface area contributed by atoms with E-state index >= 15 is 0 Å². The molecule has 2 fully saturated rings. The number of hydrogen-bond acceptors (Lipinski definition) is 5. The van der Waals surface area contributed by atoms with Gasteiger partial charge in [-0.05, 0) is 12.8 Å². The number of rotatable bonds is 5. The van der Waals surface area contributed by atoms with Gasteiger partial charge >= 0.3 is 35.6 Å². The standard InChI is InChI=1S/C9H12F2N2O5S.Na/c10-4-19(17)6-2-1-5-3-12(6)9(16)13(5)18-7(11)8(14)15;/h5-7H,1-4H2,(H,14,15);/q;+1/p-1/t5-,6-,7+,19-;/m1./s1. The number of carboxylic acids is 1. The fourth-order valence-electron chi connectivity index (χ4n) is 2.22. The summed E-state index contributed by atoms with van der Waals surface area (Å²) < 4.78 is 36.8. The molecule has 11 heteroatoms. The van der Waals surface area contributed by atoms with E-state index in [9.17, 15) is 27.7 Å². The van der Waals surface area contributed by atoms with Gasteiger partial charge in [-0.3, -0.25) is 4.21 Å². The zero-order chi connectivity index (χ0) is 14.2. The van der Waals surface area contributed by atoms with Crippen LogP contribution in [0.3, 0.4) is 0 Å². The second kappa shape index (κ2) is 7.12. The number of fused-ring (bicyclic) bond motifs is 2. The zero-order valence-corrected chi connectivity index (χ0v) is 13.5. The van der Waals surface area contributed by atoms with Crippen LogP contribution in [0.25, 0.3) is 0 Å². The van der Waals surface area contributed by atoms with Gasteiger partial charge in [0.1, 0.15) is 11.3 Å². The van der Waals surface area contributed by atoms with Crippen LogP contribution in [-0.2, 0) is 20.4 Å². The first-order valence-electron chi connectivity index (χ1n) is 5.50. The molecule has 2 heterocycles. The number of urea groups is 1. The summed E-state index contributed by atoms with van der Waals surface area (Å²) >= 11 is 0. The second-order valence-electron chi connectivity index (χ2n) is 4.18. The number of halogens is 2. The largest absolute Gasteiger partial charge is 1.00 e. The molecule has 0 aromatic carbocycles. The van der Waals surface area contributed by atoms with E-state index in [0.29, 0.717) is 11.5 Å². The molecule has 0 aliphatic carbocycles. The van der Waals surface area contributed by atoms with Gasteiger partial charge < -0.3 is 14.8 Å². The number of piperidine rings is 1. The maximum atomic E-state index is 12.9. The fourth-order valence-corrected chi connectivity index (χ4v) is 3.23. The normalized spacial score (nSPS) is 28.0. The number of carboxylic acid groups (broad SMARTS) is 1. The third-order valence-electron chi connectivity index (χ3n) is 3.07. The molecule has 0 N–H and O–H groups in total. The monoisotopic (exact) mass is 320 g/mol. The van der Waals surface area contributed by atoms with E-state index in [1.165, 1.54) is 0 Å². The summed E-state index contributed by atoms with van der Waals surface area (Å²) in [4.78, 5) is 27.6. The molecular weight excluding hydrogens is 309 g/mol. The summed E-state index contributed by atoms with van der Waals surface area (Å²) in [6.07, 6.45) is -2.14. The van der Waals surface area contributed by atoms with Gasteiger partial charge in [0.2, 0.25) is 0 Å². The predicted octanol–water partition coefficient (Wildman–Crippen LogP) is -4.13. The van der Waals surface area contributed by atoms with Gasteiger partial charge in [0, 0.05) is 6.54 Å². The molecule has 0 aromatic heterocycles. The van der Waals surface area contributed by atoms with Gasteiger partial charge in [0.05, 0.1) is 16.8 Å². The Labute approximate surface area is 137 Å². The maximum absolute atomic E-state index is 12.9. The molecule has 0 unspecified atom stereocenters. The topological polar surface area (TPSA) is 90.0 Å². The minimum Gasteiger partial charge on any atom is -0.544 e.